The highest BCUT2D eigenvalue weighted by Crippen LogP contribution is 2.40. The lowest BCUT2D eigenvalue weighted by atomic mass is 9.93. The Labute approximate surface area is 302 Å². The summed E-state index contributed by atoms with van der Waals surface area (Å²) in [5.74, 6) is 0. The molecule has 0 spiro atoms. The fraction of sp³-hybridized carbons (Fsp3) is 0. The summed E-state index contributed by atoms with van der Waals surface area (Å²) >= 11 is 0. The molecule has 0 saturated heterocycles. The Morgan fingerprint density at radius 2 is 0.904 bits per heavy atom. The van der Waals surface area contributed by atoms with E-state index in [2.05, 4.69) is 193 Å². The monoisotopic (exact) mass is 663 g/mol. The molecule has 52 heavy (non-hydrogen) atoms. The van der Waals surface area contributed by atoms with Gasteiger partial charge in [-0.05, 0) is 116 Å². The average Bonchev–Trinajstić information content (AvgIpc) is 3.60. The molecule has 1 heterocycles. The first kappa shape index (κ1) is 30.0. The van der Waals surface area contributed by atoms with Gasteiger partial charge in [-0.2, -0.15) is 0 Å². The first-order valence-corrected chi connectivity index (χ1v) is 17.8. The van der Waals surface area contributed by atoms with Gasteiger partial charge in [-0.25, -0.2) is 0 Å². The first-order valence-electron chi connectivity index (χ1n) is 17.8. The van der Waals surface area contributed by atoms with E-state index >= 15 is 0 Å². The van der Waals surface area contributed by atoms with Gasteiger partial charge < -0.3 is 9.32 Å². The highest BCUT2D eigenvalue weighted by atomic mass is 16.3. The van der Waals surface area contributed by atoms with E-state index in [1.165, 1.54) is 43.8 Å². The first-order chi connectivity index (χ1) is 25.8. The van der Waals surface area contributed by atoms with Crippen molar-refractivity contribution in [2.24, 2.45) is 0 Å². The Morgan fingerprint density at radius 1 is 0.288 bits per heavy atom. The SMILES string of the molecule is c1ccc(N(c2ccc(-c3cccc(-c4cccc5c4ccc4ccccc45)c3)cc2)c2cccc(-c3ccc4oc5ccccc5c4c3)c2)cc1. The maximum absolute atomic E-state index is 6.11. The van der Waals surface area contributed by atoms with Crippen LogP contribution in [0.25, 0.3) is 76.9 Å². The van der Waals surface area contributed by atoms with Gasteiger partial charge in [0.15, 0.2) is 0 Å². The van der Waals surface area contributed by atoms with Crippen molar-refractivity contribution in [1.29, 1.82) is 0 Å². The predicted octanol–water partition coefficient (Wildman–Crippen LogP) is 14.4. The standard InChI is InChI=1S/C50H33NO/c1-2-15-40(16-3-1)51(42-17-9-13-37(32-42)38-26-30-50-48(33-38)47-19-6-7-22-49(47)52-50)41-27-23-34(24-28-41)36-12-8-14-39(31-36)44-20-10-21-45-43-18-5-4-11-35(43)25-29-46(44)45/h1-33H. The number of furan rings is 1. The Balaban J connectivity index is 1.01. The quantitative estimate of drug-likeness (QED) is 0.165. The Hall–Kier alpha value is -6.90. The lowest BCUT2D eigenvalue weighted by Crippen LogP contribution is -2.09. The number of fused-ring (bicyclic) bond motifs is 6. The van der Waals surface area contributed by atoms with Crippen LogP contribution in [0.4, 0.5) is 17.1 Å². The molecule has 10 rings (SSSR count). The van der Waals surface area contributed by atoms with E-state index < -0.39 is 0 Å². The van der Waals surface area contributed by atoms with Gasteiger partial charge >= 0.3 is 0 Å². The molecule has 0 amide bonds. The second-order valence-corrected chi connectivity index (χ2v) is 13.3. The number of anilines is 3. The summed E-state index contributed by atoms with van der Waals surface area (Å²) in [7, 11) is 0. The third-order valence-electron chi connectivity index (χ3n) is 10.2. The van der Waals surface area contributed by atoms with Crippen LogP contribution in [0, 0.1) is 0 Å². The van der Waals surface area contributed by atoms with Crippen molar-refractivity contribution in [3.63, 3.8) is 0 Å². The van der Waals surface area contributed by atoms with E-state index in [1.807, 2.05) is 12.1 Å². The van der Waals surface area contributed by atoms with E-state index in [4.69, 9.17) is 4.42 Å². The molecule has 0 fully saturated rings. The van der Waals surface area contributed by atoms with Crippen molar-refractivity contribution in [3.05, 3.63) is 200 Å². The molecule has 0 aliphatic rings. The average molecular weight is 664 g/mol. The zero-order chi connectivity index (χ0) is 34.4. The third kappa shape index (κ3) is 5.21. The number of benzene rings is 9. The normalized spacial score (nSPS) is 11.5. The van der Waals surface area contributed by atoms with Crippen LogP contribution in [-0.2, 0) is 0 Å². The van der Waals surface area contributed by atoms with Gasteiger partial charge in [-0.3, -0.25) is 0 Å². The van der Waals surface area contributed by atoms with Gasteiger partial charge in [-0.15, -0.1) is 0 Å². The molecule has 0 unspecified atom stereocenters. The van der Waals surface area contributed by atoms with Gasteiger partial charge in [-0.1, -0.05) is 140 Å². The molecule has 0 aliphatic carbocycles. The van der Waals surface area contributed by atoms with Crippen molar-refractivity contribution in [3.8, 4) is 33.4 Å². The van der Waals surface area contributed by atoms with Gasteiger partial charge in [0.1, 0.15) is 11.2 Å². The minimum atomic E-state index is 0.906. The number of rotatable bonds is 6. The molecule has 9 aromatic carbocycles. The van der Waals surface area contributed by atoms with Crippen LogP contribution in [0.1, 0.15) is 0 Å². The maximum atomic E-state index is 6.11. The number of nitrogens with zero attached hydrogens (tertiary/aromatic N) is 1. The van der Waals surface area contributed by atoms with E-state index in [0.717, 1.165) is 50.1 Å². The number of para-hydroxylation sites is 2. The van der Waals surface area contributed by atoms with Crippen LogP contribution < -0.4 is 4.90 Å². The zero-order valence-electron chi connectivity index (χ0n) is 28.4. The number of hydrogen-bond donors (Lipinski definition) is 0. The molecular formula is C50H33NO. The second kappa shape index (κ2) is 12.5. The van der Waals surface area contributed by atoms with E-state index in [1.54, 1.807) is 0 Å². The minimum absolute atomic E-state index is 0.906. The van der Waals surface area contributed by atoms with Crippen molar-refractivity contribution < 1.29 is 4.42 Å². The van der Waals surface area contributed by atoms with Gasteiger partial charge in [0.05, 0.1) is 0 Å². The maximum Gasteiger partial charge on any atom is 0.135 e. The summed E-state index contributed by atoms with van der Waals surface area (Å²) in [6, 6.07) is 71.8. The Kier molecular flexibility index (Phi) is 7.18. The molecule has 0 N–H and O–H groups in total. The van der Waals surface area contributed by atoms with E-state index in [-0.39, 0.29) is 0 Å². The van der Waals surface area contributed by atoms with Crippen molar-refractivity contribution >= 4 is 60.5 Å². The Morgan fingerprint density at radius 3 is 1.79 bits per heavy atom. The lowest BCUT2D eigenvalue weighted by molar-refractivity contribution is 0.669. The summed E-state index contributed by atoms with van der Waals surface area (Å²) in [6.07, 6.45) is 0. The molecule has 1 aromatic heterocycles. The molecule has 2 nitrogen and oxygen atoms in total. The molecule has 0 aliphatic heterocycles. The van der Waals surface area contributed by atoms with Gasteiger partial charge in [0.2, 0.25) is 0 Å². The Bertz CT molecular complexity index is 2900. The van der Waals surface area contributed by atoms with Crippen molar-refractivity contribution in [2.45, 2.75) is 0 Å². The summed E-state index contributed by atoms with van der Waals surface area (Å²) in [6.45, 7) is 0. The topological polar surface area (TPSA) is 16.4 Å². The fourth-order valence-electron chi connectivity index (χ4n) is 7.72. The van der Waals surface area contributed by atoms with Gasteiger partial charge in [0.25, 0.3) is 0 Å². The molecule has 244 valence electrons. The lowest BCUT2D eigenvalue weighted by Gasteiger charge is -2.26. The smallest absolute Gasteiger partial charge is 0.135 e. The number of hydrogen-bond acceptors (Lipinski definition) is 2. The molecular weight excluding hydrogens is 631 g/mol. The van der Waals surface area contributed by atoms with Gasteiger partial charge in [0, 0.05) is 27.8 Å². The van der Waals surface area contributed by atoms with Crippen LogP contribution in [0.2, 0.25) is 0 Å². The molecule has 0 atom stereocenters. The zero-order valence-corrected chi connectivity index (χ0v) is 28.4. The summed E-state index contributed by atoms with van der Waals surface area (Å²) in [4.78, 5) is 2.33. The highest BCUT2D eigenvalue weighted by Gasteiger charge is 2.15. The third-order valence-corrected chi connectivity index (χ3v) is 10.2. The molecule has 0 bridgehead atoms. The largest absolute Gasteiger partial charge is 0.456 e. The second-order valence-electron chi connectivity index (χ2n) is 13.3. The van der Waals surface area contributed by atoms with Crippen LogP contribution >= 0.6 is 0 Å². The van der Waals surface area contributed by atoms with Crippen LogP contribution in [0.15, 0.2) is 205 Å². The minimum Gasteiger partial charge on any atom is -0.456 e. The van der Waals surface area contributed by atoms with Crippen LogP contribution in [-0.4, -0.2) is 0 Å². The predicted molar refractivity (Wildman–Crippen MR) is 220 cm³/mol. The summed E-state index contributed by atoms with van der Waals surface area (Å²) in [5.41, 5.74) is 12.3. The van der Waals surface area contributed by atoms with Crippen molar-refractivity contribution in [2.75, 3.05) is 4.90 Å². The van der Waals surface area contributed by atoms with Crippen LogP contribution in [0.3, 0.4) is 0 Å². The van der Waals surface area contributed by atoms with Crippen LogP contribution in [0.5, 0.6) is 0 Å². The summed E-state index contributed by atoms with van der Waals surface area (Å²) < 4.78 is 6.11. The molecule has 2 heteroatoms. The van der Waals surface area contributed by atoms with E-state index in [9.17, 15) is 0 Å². The fourth-order valence-corrected chi connectivity index (χ4v) is 7.72. The summed E-state index contributed by atoms with van der Waals surface area (Å²) in [5, 5.41) is 7.37. The molecule has 10 aromatic rings. The highest BCUT2D eigenvalue weighted by molar-refractivity contribution is 6.12. The van der Waals surface area contributed by atoms with Crippen molar-refractivity contribution in [1.82, 2.24) is 0 Å². The van der Waals surface area contributed by atoms with E-state index in [0.29, 0.717) is 0 Å². The molecule has 0 radical (unpaired) electrons. The molecule has 0 saturated carbocycles.